The number of aliphatic hydroxyl groups is 1. The van der Waals surface area contributed by atoms with Gasteiger partial charge >= 0.3 is 0 Å². The minimum absolute atomic E-state index is 0.320. The van der Waals surface area contributed by atoms with Crippen LogP contribution in [0, 0.1) is 0 Å². The zero-order valence-corrected chi connectivity index (χ0v) is 9.97. The molecule has 0 radical (unpaired) electrons. The molecule has 2 rings (SSSR count). The Labute approximate surface area is 97.9 Å². The molecule has 0 aromatic heterocycles. The van der Waals surface area contributed by atoms with Crippen LogP contribution in [0.2, 0.25) is 0 Å². The summed E-state index contributed by atoms with van der Waals surface area (Å²) in [5, 5.41) is 8.88. The van der Waals surface area contributed by atoms with Crippen molar-refractivity contribution in [2.45, 2.75) is 37.8 Å². The molecule has 0 spiro atoms. The monoisotopic (exact) mass is 219 g/mol. The third-order valence-corrected chi connectivity index (χ3v) is 3.72. The molecule has 1 aliphatic heterocycles. The van der Waals surface area contributed by atoms with Gasteiger partial charge in [0.1, 0.15) is 0 Å². The maximum absolute atomic E-state index is 8.88. The summed E-state index contributed by atoms with van der Waals surface area (Å²) in [6.07, 6.45) is 4.56. The van der Waals surface area contributed by atoms with E-state index in [4.69, 9.17) is 5.11 Å². The first-order valence-corrected chi connectivity index (χ1v) is 6.20. The van der Waals surface area contributed by atoms with E-state index in [-0.39, 0.29) is 0 Å². The molecule has 2 nitrogen and oxygen atoms in total. The van der Waals surface area contributed by atoms with Crippen LogP contribution >= 0.6 is 0 Å². The lowest BCUT2D eigenvalue weighted by atomic mass is 10.0. The summed E-state index contributed by atoms with van der Waals surface area (Å²) in [6.45, 7) is 0.320. The van der Waals surface area contributed by atoms with Crippen molar-refractivity contribution in [2.24, 2.45) is 0 Å². The summed E-state index contributed by atoms with van der Waals surface area (Å²) in [7, 11) is 2.21. The summed E-state index contributed by atoms with van der Waals surface area (Å²) in [4.78, 5) is 2.48. The zero-order valence-electron chi connectivity index (χ0n) is 9.97. The van der Waals surface area contributed by atoms with Gasteiger partial charge in [-0.05, 0) is 38.3 Å². The lowest BCUT2D eigenvalue weighted by Gasteiger charge is -2.26. The van der Waals surface area contributed by atoms with E-state index in [2.05, 4.69) is 42.3 Å². The van der Waals surface area contributed by atoms with Crippen molar-refractivity contribution in [1.29, 1.82) is 0 Å². The highest BCUT2D eigenvalue weighted by molar-refractivity contribution is 5.20. The van der Waals surface area contributed by atoms with Crippen LogP contribution in [0.25, 0.3) is 0 Å². The SMILES string of the molecule is CN1C(CCCO)CCC1c1ccccc1. The molecule has 0 saturated carbocycles. The molecule has 88 valence electrons. The average molecular weight is 219 g/mol. The third kappa shape index (κ3) is 2.45. The first-order chi connectivity index (χ1) is 7.83. The molecule has 1 aromatic carbocycles. The van der Waals surface area contributed by atoms with Gasteiger partial charge in [-0.1, -0.05) is 30.3 Å². The number of likely N-dealkylation sites (tertiary alicyclic amines) is 1. The molecule has 1 heterocycles. The van der Waals surface area contributed by atoms with Crippen LogP contribution < -0.4 is 0 Å². The standard InChI is InChI=1S/C14H21NO/c1-15-13(8-5-11-16)9-10-14(15)12-6-3-2-4-7-12/h2-4,6-7,13-14,16H,5,8-11H2,1H3. The highest BCUT2D eigenvalue weighted by Gasteiger charge is 2.30. The second kappa shape index (κ2) is 5.46. The highest BCUT2D eigenvalue weighted by Crippen LogP contribution is 2.35. The number of hydrogen-bond donors (Lipinski definition) is 1. The van der Waals surface area contributed by atoms with Crippen LogP contribution in [-0.2, 0) is 0 Å². The fraction of sp³-hybridized carbons (Fsp3) is 0.571. The van der Waals surface area contributed by atoms with E-state index in [9.17, 15) is 0 Å². The van der Waals surface area contributed by atoms with Crippen LogP contribution in [0.3, 0.4) is 0 Å². The van der Waals surface area contributed by atoms with Crippen LogP contribution in [0.1, 0.15) is 37.3 Å². The third-order valence-electron chi connectivity index (χ3n) is 3.72. The van der Waals surface area contributed by atoms with Crippen molar-refractivity contribution in [1.82, 2.24) is 4.90 Å². The van der Waals surface area contributed by atoms with Crippen molar-refractivity contribution >= 4 is 0 Å². The van der Waals surface area contributed by atoms with Gasteiger partial charge in [0.05, 0.1) is 0 Å². The first kappa shape index (κ1) is 11.6. The van der Waals surface area contributed by atoms with Gasteiger partial charge in [0, 0.05) is 18.7 Å². The molecule has 2 heteroatoms. The van der Waals surface area contributed by atoms with Gasteiger partial charge in [-0.15, -0.1) is 0 Å². The minimum atomic E-state index is 0.320. The maximum atomic E-state index is 8.88. The molecule has 2 unspecified atom stereocenters. The molecule has 2 atom stereocenters. The molecule has 1 N–H and O–H groups in total. The molecule has 1 saturated heterocycles. The predicted octanol–water partition coefficient (Wildman–Crippen LogP) is 2.59. The number of nitrogens with zero attached hydrogens (tertiary/aromatic N) is 1. The second-order valence-electron chi connectivity index (χ2n) is 4.69. The van der Waals surface area contributed by atoms with E-state index >= 15 is 0 Å². The Morgan fingerprint density at radius 2 is 2.00 bits per heavy atom. The quantitative estimate of drug-likeness (QED) is 0.841. The summed E-state index contributed by atoms with van der Waals surface area (Å²) in [5.74, 6) is 0. The Kier molecular flexibility index (Phi) is 3.97. The Bertz CT molecular complexity index is 312. The zero-order chi connectivity index (χ0) is 11.4. The van der Waals surface area contributed by atoms with Crippen LogP contribution in [-0.4, -0.2) is 29.7 Å². The van der Waals surface area contributed by atoms with Gasteiger partial charge in [0.25, 0.3) is 0 Å². The summed E-state index contributed by atoms with van der Waals surface area (Å²) >= 11 is 0. The first-order valence-electron chi connectivity index (χ1n) is 6.20. The smallest absolute Gasteiger partial charge is 0.0431 e. The van der Waals surface area contributed by atoms with E-state index in [0.717, 1.165) is 12.8 Å². The molecular formula is C14H21NO. The summed E-state index contributed by atoms with van der Waals surface area (Å²) in [5.41, 5.74) is 1.43. The van der Waals surface area contributed by atoms with Crippen molar-refractivity contribution in [3.8, 4) is 0 Å². The Morgan fingerprint density at radius 1 is 1.25 bits per heavy atom. The minimum Gasteiger partial charge on any atom is -0.396 e. The predicted molar refractivity (Wildman–Crippen MR) is 66.3 cm³/mol. The Balaban J connectivity index is 1.99. The Hall–Kier alpha value is -0.860. The molecule has 0 bridgehead atoms. The summed E-state index contributed by atoms with van der Waals surface area (Å²) < 4.78 is 0. The topological polar surface area (TPSA) is 23.5 Å². The largest absolute Gasteiger partial charge is 0.396 e. The van der Waals surface area contributed by atoms with Crippen molar-refractivity contribution < 1.29 is 5.11 Å². The van der Waals surface area contributed by atoms with Crippen LogP contribution in [0.5, 0.6) is 0 Å². The van der Waals surface area contributed by atoms with Gasteiger partial charge in [0.15, 0.2) is 0 Å². The number of hydrogen-bond acceptors (Lipinski definition) is 2. The average Bonchev–Trinajstić information content (AvgIpc) is 2.69. The highest BCUT2D eigenvalue weighted by atomic mass is 16.2. The van der Waals surface area contributed by atoms with E-state index < -0.39 is 0 Å². The van der Waals surface area contributed by atoms with Crippen LogP contribution in [0.15, 0.2) is 30.3 Å². The molecular weight excluding hydrogens is 198 g/mol. The molecule has 16 heavy (non-hydrogen) atoms. The second-order valence-corrected chi connectivity index (χ2v) is 4.69. The van der Waals surface area contributed by atoms with Gasteiger partial charge in [-0.3, -0.25) is 4.90 Å². The van der Waals surface area contributed by atoms with E-state index in [0.29, 0.717) is 18.7 Å². The van der Waals surface area contributed by atoms with Gasteiger partial charge < -0.3 is 5.11 Å². The van der Waals surface area contributed by atoms with Crippen molar-refractivity contribution in [2.75, 3.05) is 13.7 Å². The fourth-order valence-electron chi connectivity index (χ4n) is 2.76. The number of benzene rings is 1. The maximum Gasteiger partial charge on any atom is 0.0431 e. The lowest BCUT2D eigenvalue weighted by Crippen LogP contribution is -2.27. The van der Waals surface area contributed by atoms with Crippen molar-refractivity contribution in [3.63, 3.8) is 0 Å². The molecule has 0 amide bonds. The molecule has 1 aromatic rings. The van der Waals surface area contributed by atoms with E-state index in [1.165, 1.54) is 18.4 Å². The normalized spacial score (nSPS) is 26.1. The number of rotatable bonds is 4. The molecule has 1 fully saturated rings. The van der Waals surface area contributed by atoms with Gasteiger partial charge in [0.2, 0.25) is 0 Å². The van der Waals surface area contributed by atoms with E-state index in [1.807, 2.05) is 0 Å². The summed E-state index contributed by atoms with van der Waals surface area (Å²) in [6, 6.07) is 12.0. The van der Waals surface area contributed by atoms with Gasteiger partial charge in [-0.25, -0.2) is 0 Å². The number of aliphatic hydroxyl groups excluding tert-OH is 1. The van der Waals surface area contributed by atoms with Gasteiger partial charge in [-0.2, -0.15) is 0 Å². The fourth-order valence-corrected chi connectivity index (χ4v) is 2.76. The van der Waals surface area contributed by atoms with Crippen molar-refractivity contribution in [3.05, 3.63) is 35.9 Å². The Morgan fingerprint density at radius 3 is 2.69 bits per heavy atom. The van der Waals surface area contributed by atoms with E-state index in [1.54, 1.807) is 0 Å². The van der Waals surface area contributed by atoms with Crippen LogP contribution in [0.4, 0.5) is 0 Å². The molecule has 1 aliphatic rings. The molecule has 0 aliphatic carbocycles. The lowest BCUT2D eigenvalue weighted by molar-refractivity contribution is 0.210.